The molecule has 1 aromatic heterocycles. The van der Waals surface area contributed by atoms with Crippen molar-refractivity contribution in [3.63, 3.8) is 0 Å². The maximum atomic E-state index is 11.7. The molecule has 2 rings (SSSR count). The summed E-state index contributed by atoms with van der Waals surface area (Å²) in [6, 6.07) is 9.75. The Morgan fingerprint density at radius 3 is 2.71 bits per heavy atom. The number of halogens is 1. The molecule has 0 saturated carbocycles. The predicted molar refractivity (Wildman–Crippen MR) is 77.5 cm³/mol. The average Bonchev–Trinajstić information content (AvgIpc) is 2.81. The minimum absolute atomic E-state index is 0.129. The number of nitrogens with one attached hydrogen (secondary N) is 1. The lowest BCUT2D eigenvalue weighted by Crippen LogP contribution is -2.29. The summed E-state index contributed by atoms with van der Waals surface area (Å²) in [5, 5.41) is 16.9. The van der Waals surface area contributed by atoms with E-state index in [0.717, 1.165) is 10.2 Å². The fraction of sp³-hybridized carbons (Fsp3) is 0.250. The second kappa shape index (κ2) is 6.93. The molecule has 1 aromatic carbocycles. The second-order valence-corrected chi connectivity index (χ2v) is 4.89. The van der Waals surface area contributed by atoms with Gasteiger partial charge in [0.15, 0.2) is 0 Å². The van der Waals surface area contributed by atoms with Gasteiger partial charge in [0, 0.05) is 27.6 Å². The maximum absolute atomic E-state index is 11.7. The summed E-state index contributed by atoms with van der Waals surface area (Å²) in [4.78, 5) is 25.1. The van der Waals surface area contributed by atoms with E-state index >= 15 is 0 Å². The van der Waals surface area contributed by atoms with Gasteiger partial charge in [-0.2, -0.15) is 4.68 Å². The molecule has 0 fully saturated rings. The normalized spacial score (nSPS) is 10.3. The number of carbonyl (C=O) groups excluding carboxylic acids is 1. The molecular weight excluding hydrogens is 342 g/mol. The summed E-state index contributed by atoms with van der Waals surface area (Å²) in [6.07, 6.45) is 0.714. The van der Waals surface area contributed by atoms with Gasteiger partial charge in [-0.1, -0.05) is 30.3 Å². The van der Waals surface area contributed by atoms with Gasteiger partial charge < -0.3 is 15.4 Å². The van der Waals surface area contributed by atoms with Crippen molar-refractivity contribution in [1.29, 1.82) is 0 Å². The Hall–Kier alpha value is -2.29. The lowest BCUT2D eigenvalue weighted by Gasteiger charge is -2.04. The molecule has 1 amide bonds. The summed E-state index contributed by atoms with van der Waals surface area (Å²) >= 11 is 3.02. The van der Waals surface area contributed by atoms with Crippen molar-refractivity contribution in [2.75, 3.05) is 6.54 Å². The van der Waals surface area contributed by atoms with E-state index < -0.39 is 10.9 Å². The summed E-state index contributed by atoms with van der Waals surface area (Å²) in [5.41, 5.74) is 1.12. The van der Waals surface area contributed by atoms with Crippen LogP contribution in [0.2, 0.25) is 0 Å². The Morgan fingerprint density at radius 1 is 1.38 bits per heavy atom. The van der Waals surface area contributed by atoms with Crippen LogP contribution in [-0.4, -0.2) is 32.1 Å². The van der Waals surface area contributed by atoms with Gasteiger partial charge in [-0.15, -0.1) is 0 Å². The highest BCUT2D eigenvalue weighted by Gasteiger charge is 2.20. The van der Waals surface area contributed by atoms with Crippen LogP contribution in [0.5, 0.6) is 0 Å². The lowest BCUT2D eigenvalue weighted by atomic mass is 10.1. The summed E-state index contributed by atoms with van der Waals surface area (Å²) in [7, 11) is 0. The number of rotatable bonds is 6. The van der Waals surface area contributed by atoms with E-state index in [1.54, 1.807) is 0 Å². The van der Waals surface area contributed by atoms with Crippen LogP contribution in [0.4, 0.5) is 5.95 Å². The van der Waals surface area contributed by atoms with Crippen molar-refractivity contribution < 1.29 is 9.72 Å². The Balaban J connectivity index is 1.83. The first-order valence-electron chi connectivity index (χ1n) is 6.11. The molecule has 0 aliphatic heterocycles. The van der Waals surface area contributed by atoms with E-state index in [0.29, 0.717) is 13.0 Å². The van der Waals surface area contributed by atoms with Gasteiger partial charge in [0.05, 0.1) is 0 Å². The average molecular weight is 354 g/mol. The van der Waals surface area contributed by atoms with Gasteiger partial charge in [0.25, 0.3) is 4.73 Å². The molecule has 1 N–H and O–H groups in total. The van der Waals surface area contributed by atoms with Crippen molar-refractivity contribution in [2.24, 2.45) is 0 Å². The number of hydrogen-bond acceptors (Lipinski definition) is 5. The zero-order valence-corrected chi connectivity index (χ0v) is 12.5. The van der Waals surface area contributed by atoms with E-state index in [1.807, 2.05) is 30.3 Å². The predicted octanol–water partition coefficient (Wildman–Crippen LogP) is 1.31. The van der Waals surface area contributed by atoms with E-state index in [1.165, 1.54) is 0 Å². The molecule has 8 nitrogen and oxygen atoms in total. The maximum Gasteiger partial charge on any atom is 0.492 e. The van der Waals surface area contributed by atoms with Gasteiger partial charge in [0.1, 0.15) is 6.54 Å². The van der Waals surface area contributed by atoms with Crippen molar-refractivity contribution in [3.05, 3.63) is 50.7 Å². The molecule has 0 bridgehead atoms. The van der Waals surface area contributed by atoms with E-state index in [-0.39, 0.29) is 17.2 Å². The van der Waals surface area contributed by atoms with Crippen LogP contribution in [0.3, 0.4) is 0 Å². The first-order valence-corrected chi connectivity index (χ1v) is 6.91. The molecule has 9 heteroatoms. The molecule has 0 spiro atoms. The van der Waals surface area contributed by atoms with Crippen LogP contribution in [0.25, 0.3) is 0 Å². The zero-order valence-electron chi connectivity index (χ0n) is 10.9. The molecule has 0 radical (unpaired) electrons. The van der Waals surface area contributed by atoms with Gasteiger partial charge in [-0.3, -0.25) is 4.79 Å². The number of nitro groups is 1. The molecule has 0 atom stereocenters. The van der Waals surface area contributed by atoms with Crippen LogP contribution in [0.15, 0.2) is 35.1 Å². The van der Waals surface area contributed by atoms with E-state index in [2.05, 4.69) is 31.3 Å². The topological polar surface area (TPSA) is 103 Å². The monoisotopic (exact) mass is 353 g/mol. The molecule has 2 aromatic rings. The molecule has 0 unspecified atom stereocenters. The molecule has 21 heavy (non-hydrogen) atoms. The quantitative estimate of drug-likeness (QED) is 0.622. The molecule has 110 valence electrons. The van der Waals surface area contributed by atoms with Crippen LogP contribution >= 0.6 is 15.9 Å². The number of carbonyl (C=O) groups is 1. The Morgan fingerprint density at radius 2 is 2.10 bits per heavy atom. The Kier molecular flexibility index (Phi) is 4.99. The minimum atomic E-state index is -0.714. The standard InChI is InChI=1S/C12H12BrN5O3/c13-11-15-12(18(20)21)16-17(11)8-10(19)14-7-6-9-4-2-1-3-5-9/h1-5H,6-8H2,(H,14,19). The van der Waals surface area contributed by atoms with Crippen molar-refractivity contribution in [1.82, 2.24) is 20.1 Å². The number of benzene rings is 1. The van der Waals surface area contributed by atoms with E-state index in [4.69, 9.17) is 0 Å². The van der Waals surface area contributed by atoms with E-state index in [9.17, 15) is 14.9 Å². The molecule has 0 aliphatic carbocycles. The summed E-state index contributed by atoms with van der Waals surface area (Å²) in [6.45, 7) is 0.355. The number of nitrogens with zero attached hydrogens (tertiary/aromatic N) is 4. The van der Waals surface area contributed by atoms with Crippen LogP contribution in [0.1, 0.15) is 5.56 Å². The first kappa shape index (κ1) is 15.1. The second-order valence-electron chi connectivity index (χ2n) is 4.18. The summed E-state index contributed by atoms with van der Waals surface area (Å²) in [5.74, 6) is -0.828. The van der Waals surface area contributed by atoms with Crippen molar-refractivity contribution in [2.45, 2.75) is 13.0 Å². The van der Waals surface area contributed by atoms with Gasteiger partial charge in [0.2, 0.25) is 5.91 Å². The fourth-order valence-electron chi connectivity index (χ4n) is 1.67. The summed E-state index contributed by atoms with van der Waals surface area (Å²) < 4.78 is 1.28. The van der Waals surface area contributed by atoms with Crippen LogP contribution < -0.4 is 5.32 Å². The highest BCUT2D eigenvalue weighted by Crippen LogP contribution is 2.11. The molecule has 1 heterocycles. The minimum Gasteiger partial charge on any atom is -0.390 e. The molecule has 0 aliphatic rings. The molecular formula is C12H12BrN5O3. The fourth-order valence-corrected chi connectivity index (χ4v) is 2.04. The van der Waals surface area contributed by atoms with Crippen molar-refractivity contribution in [3.8, 4) is 0 Å². The van der Waals surface area contributed by atoms with Crippen molar-refractivity contribution >= 4 is 27.8 Å². The number of hydrogen-bond donors (Lipinski definition) is 1. The highest BCUT2D eigenvalue weighted by atomic mass is 79.9. The van der Waals surface area contributed by atoms with Gasteiger partial charge >= 0.3 is 5.95 Å². The van der Waals surface area contributed by atoms with Crippen LogP contribution in [0, 0.1) is 10.1 Å². The largest absolute Gasteiger partial charge is 0.492 e. The Labute approximate surface area is 128 Å². The molecule has 0 saturated heterocycles. The third-order valence-electron chi connectivity index (χ3n) is 2.65. The third-order valence-corrected chi connectivity index (χ3v) is 3.24. The SMILES string of the molecule is O=C(Cn1nc([N+](=O)[O-])nc1Br)NCCc1ccccc1. The highest BCUT2D eigenvalue weighted by molar-refractivity contribution is 9.10. The smallest absolute Gasteiger partial charge is 0.390 e. The zero-order chi connectivity index (χ0) is 15.2. The van der Waals surface area contributed by atoms with Gasteiger partial charge in [-0.25, -0.2) is 0 Å². The number of amides is 1. The third kappa shape index (κ3) is 4.35. The van der Waals surface area contributed by atoms with Gasteiger partial charge in [-0.05, 0) is 21.9 Å². The first-order chi connectivity index (χ1) is 10.1. The Bertz CT molecular complexity index is 644. The number of aromatic nitrogens is 3. The van der Waals surface area contributed by atoms with Crippen LogP contribution in [-0.2, 0) is 17.8 Å². The lowest BCUT2D eigenvalue weighted by molar-refractivity contribution is -0.394.